The van der Waals surface area contributed by atoms with Crippen LogP contribution in [0.1, 0.15) is 18.9 Å². The number of rotatable bonds is 5. The molecule has 8 heteroatoms. The van der Waals surface area contributed by atoms with E-state index in [-0.39, 0.29) is 24.0 Å². The summed E-state index contributed by atoms with van der Waals surface area (Å²) in [6.45, 7) is 5.44. The summed E-state index contributed by atoms with van der Waals surface area (Å²) in [6.07, 6.45) is 2.82. The van der Waals surface area contributed by atoms with Crippen LogP contribution < -0.4 is 15.5 Å². The van der Waals surface area contributed by atoms with Crippen molar-refractivity contribution in [2.45, 2.75) is 25.9 Å². The first-order chi connectivity index (χ1) is 11.8. The number of hydrogen-bond donors (Lipinski definition) is 2. The van der Waals surface area contributed by atoms with Gasteiger partial charge in [-0.3, -0.25) is 0 Å². The van der Waals surface area contributed by atoms with E-state index >= 15 is 0 Å². The van der Waals surface area contributed by atoms with E-state index in [1.807, 2.05) is 12.1 Å². The second kappa shape index (κ2) is 10.2. The Bertz CT molecular complexity index is 679. The highest BCUT2D eigenvalue weighted by atomic mass is 127. The topological polar surface area (TPSA) is 52.6 Å². The molecule has 0 aromatic carbocycles. The third kappa shape index (κ3) is 5.72. The van der Waals surface area contributed by atoms with Crippen LogP contribution in [0.4, 0.5) is 5.82 Å². The lowest BCUT2D eigenvalue weighted by molar-refractivity contribution is 0.649. The number of nitrogens with one attached hydrogen (secondary N) is 2. The van der Waals surface area contributed by atoms with Gasteiger partial charge in [0, 0.05) is 31.9 Å². The van der Waals surface area contributed by atoms with Crippen molar-refractivity contribution in [3.63, 3.8) is 0 Å². The number of halogens is 2. The third-order valence-electron chi connectivity index (χ3n) is 3.91. The molecule has 0 aliphatic carbocycles. The van der Waals surface area contributed by atoms with E-state index in [0.717, 1.165) is 37.8 Å². The van der Waals surface area contributed by atoms with E-state index < -0.39 is 0 Å². The zero-order valence-corrected chi connectivity index (χ0v) is 18.0. The molecule has 0 bridgehead atoms. The Hall–Kier alpha value is -1.06. The van der Waals surface area contributed by atoms with Crippen LogP contribution in [-0.2, 0) is 6.54 Å². The maximum Gasteiger partial charge on any atom is 0.191 e. The van der Waals surface area contributed by atoms with Crippen LogP contribution in [0.2, 0.25) is 5.02 Å². The Balaban J connectivity index is 0.00000225. The quantitative estimate of drug-likeness (QED) is 0.380. The summed E-state index contributed by atoms with van der Waals surface area (Å²) >= 11 is 7.96. The summed E-state index contributed by atoms with van der Waals surface area (Å²) in [7, 11) is 0. The number of thiophene rings is 1. The molecule has 0 amide bonds. The molecule has 136 valence electrons. The van der Waals surface area contributed by atoms with Crippen molar-refractivity contribution in [2.24, 2.45) is 4.99 Å². The second-order valence-corrected chi connectivity index (χ2v) is 6.90. The molecule has 1 atom stereocenters. The van der Waals surface area contributed by atoms with Gasteiger partial charge in [0.25, 0.3) is 0 Å². The normalized spacial score (nSPS) is 17.3. The number of anilines is 1. The van der Waals surface area contributed by atoms with E-state index in [1.165, 1.54) is 5.56 Å². The van der Waals surface area contributed by atoms with Crippen molar-refractivity contribution < 1.29 is 0 Å². The standard InChI is InChI=1S/C17H22ClN5S.HI/c1-2-19-17(21-10-13-6-9-24-12-13)22-14-5-8-23(11-14)16-15(18)4-3-7-20-16;/h3-4,6-7,9,12,14H,2,5,8,10-11H2,1H3,(H2,19,21,22);1H. The van der Waals surface area contributed by atoms with Gasteiger partial charge in [-0.05, 0) is 47.9 Å². The molecule has 1 aliphatic heterocycles. The van der Waals surface area contributed by atoms with Crippen molar-refractivity contribution in [3.8, 4) is 0 Å². The first-order valence-corrected chi connectivity index (χ1v) is 9.49. The Labute approximate surface area is 174 Å². The monoisotopic (exact) mass is 491 g/mol. The fraction of sp³-hybridized carbons (Fsp3) is 0.412. The van der Waals surface area contributed by atoms with Gasteiger partial charge in [-0.1, -0.05) is 11.6 Å². The Morgan fingerprint density at radius 3 is 3.08 bits per heavy atom. The molecular formula is C17H23ClIN5S. The maximum atomic E-state index is 6.25. The SMILES string of the molecule is CCNC(=NCc1ccsc1)NC1CCN(c2ncccc2Cl)C1.I. The van der Waals surface area contributed by atoms with Crippen LogP contribution in [-0.4, -0.2) is 36.6 Å². The first-order valence-electron chi connectivity index (χ1n) is 8.17. The van der Waals surface area contributed by atoms with Gasteiger partial charge in [0.15, 0.2) is 5.96 Å². The molecule has 3 rings (SSSR count). The summed E-state index contributed by atoms with van der Waals surface area (Å²) in [5.74, 6) is 1.73. The minimum atomic E-state index is 0. The van der Waals surface area contributed by atoms with Gasteiger partial charge in [0.05, 0.1) is 11.6 Å². The number of guanidine groups is 1. The molecule has 1 unspecified atom stereocenters. The molecule has 0 radical (unpaired) electrons. The van der Waals surface area contributed by atoms with Crippen LogP contribution in [0.15, 0.2) is 40.1 Å². The fourth-order valence-electron chi connectivity index (χ4n) is 2.75. The van der Waals surface area contributed by atoms with Crippen molar-refractivity contribution in [1.29, 1.82) is 0 Å². The minimum absolute atomic E-state index is 0. The first kappa shape index (κ1) is 20.3. The summed E-state index contributed by atoms with van der Waals surface area (Å²) in [5.41, 5.74) is 1.24. The highest BCUT2D eigenvalue weighted by Crippen LogP contribution is 2.25. The minimum Gasteiger partial charge on any atom is -0.357 e. The van der Waals surface area contributed by atoms with E-state index in [0.29, 0.717) is 17.6 Å². The van der Waals surface area contributed by atoms with E-state index in [2.05, 4.69) is 49.3 Å². The van der Waals surface area contributed by atoms with Crippen LogP contribution in [0, 0.1) is 0 Å². The number of hydrogen-bond acceptors (Lipinski definition) is 4. The lowest BCUT2D eigenvalue weighted by Crippen LogP contribution is -2.44. The van der Waals surface area contributed by atoms with E-state index in [1.54, 1.807) is 17.5 Å². The number of aliphatic imine (C=N–C) groups is 1. The third-order valence-corrected chi connectivity index (χ3v) is 4.94. The molecule has 1 saturated heterocycles. The highest BCUT2D eigenvalue weighted by molar-refractivity contribution is 14.0. The predicted molar refractivity (Wildman–Crippen MR) is 118 cm³/mol. The van der Waals surface area contributed by atoms with Crippen molar-refractivity contribution in [3.05, 3.63) is 45.7 Å². The van der Waals surface area contributed by atoms with E-state index in [9.17, 15) is 0 Å². The summed E-state index contributed by atoms with van der Waals surface area (Å²) in [6, 6.07) is 6.19. The van der Waals surface area contributed by atoms with Gasteiger partial charge in [0.2, 0.25) is 0 Å². The number of aromatic nitrogens is 1. The molecular weight excluding hydrogens is 469 g/mol. The Morgan fingerprint density at radius 2 is 2.36 bits per heavy atom. The lowest BCUT2D eigenvalue weighted by atomic mass is 10.3. The zero-order chi connectivity index (χ0) is 16.8. The smallest absolute Gasteiger partial charge is 0.191 e. The van der Waals surface area contributed by atoms with Crippen molar-refractivity contribution in [1.82, 2.24) is 15.6 Å². The number of nitrogens with zero attached hydrogens (tertiary/aromatic N) is 3. The summed E-state index contributed by atoms with van der Waals surface area (Å²) in [4.78, 5) is 11.3. The second-order valence-electron chi connectivity index (χ2n) is 5.71. The van der Waals surface area contributed by atoms with Gasteiger partial charge in [-0.15, -0.1) is 24.0 Å². The molecule has 1 fully saturated rings. The molecule has 2 N–H and O–H groups in total. The van der Waals surface area contributed by atoms with Crippen LogP contribution >= 0.6 is 46.9 Å². The highest BCUT2D eigenvalue weighted by Gasteiger charge is 2.25. The Morgan fingerprint density at radius 1 is 1.48 bits per heavy atom. The maximum absolute atomic E-state index is 6.25. The van der Waals surface area contributed by atoms with Crippen molar-refractivity contribution in [2.75, 3.05) is 24.5 Å². The van der Waals surface area contributed by atoms with Gasteiger partial charge in [-0.2, -0.15) is 11.3 Å². The van der Waals surface area contributed by atoms with E-state index in [4.69, 9.17) is 11.6 Å². The van der Waals surface area contributed by atoms with Crippen molar-refractivity contribution >= 4 is 58.7 Å². The molecule has 2 aromatic heterocycles. The number of pyridine rings is 1. The molecule has 5 nitrogen and oxygen atoms in total. The average molecular weight is 492 g/mol. The van der Waals surface area contributed by atoms with Crippen LogP contribution in [0.5, 0.6) is 0 Å². The average Bonchev–Trinajstić information content (AvgIpc) is 3.25. The molecule has 1 aliphatic rings. The molecule has 0 spiro atoms. The molecule has 2 aromatic rings. The molecule has 0 saturated carbocycles. The van der Waals surface area contributed by atoms with Gasteiger partial charge in [0.1, 0.15) is 5.82 Å². The molecule has 3 heterocycles. The predicted octanol–water partition coefficient (Wildman–Crippen LogP) is 3.75. The summed E-state index contributed by atoms with van der Waals surface area (Å²) < 4.78 is 0. The van der Waals surface area contributed by atoms with Gasteiger partial charge >= 0.3 is 0 Å². The van der Waals surface area contributed by atoms with Gasteiger partial charge in [-0.25, -0.2) is 9.98 Å². The Kier molecular flexibility index (Phi) is 8.25. The molecule has 25 heavy (non-hydrogen) atoms. The fourth-order valence-corrected chi connectivity index (χ4v) is 3.65. The lowest BCUT2D eigenvalue weighted by Gasteiger charge is -2.20. The van der Waals surface area contributed by atoms with Gasteiger partial charge < -0.3 is 15.5 Å². The largest absolute Gasteiger partial charge is 0.357 e. The van der Waals surface area contributed by atoms with Crippen LogP contribution in [0.25, 0.3) is 0 Å². The zero-order valence-electron chi connectivity index (χ0n) is 14.1. The van der Waals surface area contributed by atoms with Crippen LogP contribution in [0.3, 0.4) is 0 Å². The summed E-state index contributed by atoms with van der Waals surface area (Å²) in [5, 5.41) is 11.8.